The van der Waals surface area contributed by atoms with Crippen LogP contribution in [0.3, 0.4) is 0 Å². The van der Waals surface area contributed by atoms with Crippen LogP contribution < -0.4 is 20.3 Å². The monoisotopic (exact) mass is 364 g/mol. The first-order chi connectivity index (χ1) is 13.1. The quantitative estimate of drug-likeness (QED) is 0.729. The van der Waals surface area contributed by atoms with Crippen molar-refractivity contribution in [3.05, 3.63) is 88.3 Å². The van der Waals surface area contributed by atoms with Crippen LogP contribution in [0.15, 0.2) is 71.7 Å². The molecule has 0 saturated carbocycles. The van der Waals surface area contributed by atoms with E-state index in [0.29, 0.717) is 23.5 Å². The molecule has 0 bridgehead atoms. The SMILES string of the molecule is COc1ccc(Cn2cc(C(=O)Nc3ccc(OC)cc3)ccc2=O)cc1. The van der Waals surface area contributed by atoms with Crippen LogP contribution in [-0.2, 0) is 6.54 Å². The fourth-order valence-electron chi connectivity index (χ4n) is 2.59. The van der Waals surface area contributed by atoms with E-state index in [1.165, 1.54) is 16.7 Å². The van der Waals surface area contributed by atoms with E-state index in [4.69, 9.17) is 9.47 Å². The number of methoxy groups -OCH3 is 2. The van der Waals surface area contributed by atoms with Gasteiger partial charge >= 0.3 is 0 Å². The molecule has 0 atom stereocenters. The average molecular weight is 364 g/mol. The Hall–Kier alpha value is -3.54. The number of ether oxygens (including phenoxy) is 2. The minimum atomic E-state index is -0.288. The number of aromatic nitrogens is 1. The van der Waals surface area contributed by atoms with Crippen molar-refractivity contribution in [2.24, 2.45) is 0 Å². The van der Waals surface area contributed by atoms with Crippen molar-refractivity contribution in [1.29, 1.82) is 0 Å². The number of carbonyl (C=O) groups is 1. The maximum absolute atomic E-state index is 12.5. The Kier molecular flexibility index (Phi) is 5.56. The summed E-state index contributed by atoms with van der Waals surface area (Å²) in [5.74, 6) is 1.17. The molecule has 138 valence electrons. The van der Waals surface area contributed by atoms with Crippen molar-refractivity contribution in [1.82, 2.24) is 4.57 Å². The Bertz CT molecular complexity index is 976. The highest BCUT2D eigenvalue weighted by molar-refractivity contribution is 6.04. The van der Waals surface area contributed by atoms with Crippen LogP contribution in [0.4, 0.5) is 5.69 Å². The first-order valence-electron chi connectivity index (χ1n) is 8.38. The highest BCUT2D eigenvalue weighted by Crippen LogP contribution is 2.16. The van der Waals surface area contributed by atoms with E-state index in [0.717, 1.165) is 11.3 Å². The van der Waals surface area contributed by atoms with Gasteiger partial charge in [0.05, 0.1) is 26.3 Å². The summed E-state index contributed by atoms with van der Waals surface area (Å²) < 4.78 is 11.7. The van der Waals surface area contributed by atoms with E-state index < -0.39 is 0 Å². The van der Waals surface area contributed by atoms with E-state index >= 15 is 0 Å². The van der Waals surface area contributed by atoms with Crippen LogP contribution in [-0.4, -0.2) is 24.7 Å². The maximum Gasteiger partial charge on any atom is 0.257 e. The number of pyridine rings is 1. The third-order valence-corrected chi connectivity index (χ3v) is 4.11. The Morgan fingerprint density at radius 3 is 2.07 bits per heavy atom. The van der Waals surface area contributed by atoms with Gasteiger partial charge in [0, 0.05) is 18.0 Å². The molecule has 1 N–H and O–H groups in total. The van der Waals surface area contributed by atoms with Gasteiger partial charge in [-0.15, -0.1) is 0 Å². The van der Waals surface area contributed by atoms with Gasteiger partial charge in [-0.3, -0.25) is 9.59 Å². The fourth-order valence-corrected chi connectivity index (χ4v) is 2.59. The minimum absolute atomic E-state index is 0.174. The number of rotatable bonds is 6. The number of hydrogen-bond donors (Lipinski definition) is 1. The number of anilines is 1. The third kappa shape index (κ3) is 4.55. The highest BCUT2D eigenvalue weighted by atomic mass is 16.5. The van der Waals surface area contributed by atoms with Crippen molar-refractivity contribution in [3.63, 3.8) is 0 Å². The van der Waals surface area contributed by atoms with E-state index in [1.807, 2.05) is 24.3 Å². The van der Waals surface area contributed by atoms with Crippen molar-refractivity contribution >= 4 is 11.6 Å². The zero-order valence-electron chi connectivity index (χ0n) is 15.1. The van der Waals surface area contributed by atoms with Crippen LogP contribution in [0.25, 0.3) is 0 Å². The lowest BCUT2D eigenvalue weighted by molar-refractivity contribution is 0.102. The minimum Gasteiger partial charge on any atom is -0.497 e. The lowest BCUT2D eigenvalue weighted by atomic mass is 10.2. The maximum atomic E-state index is 12.5. The van der Waals surface area contributed by atoms with E-state index in [1.54, 1.807) is 44.7 Å². The van der Waals surface area contributed by atoms with Gasteiger partial charge in [-0.1, -0.05) is 12.1 Å². The molecule has 0 radical (unpaired) electrons. The Morgan fingerprint density at radius 1 is 0.889 bits per heavy atom. The molecule has 6 heteroatoms. The number of hydrogen-bond acceptors (Lipinski definition) is 4. The van der Waals surface area contributed by atoms with Crippen molar-refractivity contribution < 1.29 is 14.3 Å². The summed E-state index contributed by atoms with van der Waals surface area (Å²) in [6.45, 7) is 0.368. The number of carbonyl (C=O) groups excluding carboxylic acids is 1. The van der Waals surface area contributed by atoms with Crippen LogP contribution in [0.2, 0.25) is 0 Å². The molecule has 1 heterocycles. The summed E-state index contributed by atoms with van der Waals surface area (Å²) in [7, 11) is 3.18. The molecule has 0 aliphatic rings. The van der Waals surface area contributed by atoms with Crippen LogP contribution in [0, 0.1) is 0 Å². The molecule has 6 nitrogen and oxygen atoms in total. The molecule has 2 aromatic carbocycles. The largest absolute Gasteiger partial charge is 0.497 e. The summed E-state index contributed by atoms with van der Waals surface area (Å²) in [5, 5.41) is 2.81. The second-order valence-corrected chi connectivity index (χ2v) is 5.91. The molecule has 0 fully saturated rings. The van der Waals surface area contributed by atoms with Crippen molar-refractivity contribution in [2.75, 3.05) is 19.5 Å². The van der Waals surface area contributed by atoms with E-state index in [2.05, 4.69) is 5.32 Å². The first-order valence-corrected chi connectivity index (χ1v) is 8.38. The zero-order valence-corrected chi connectivity index (χ0v) is 15.1. The normalized spacial score (nSPS) is 10.3. The molecule has 1 amide bonds. The summed E-state index contributed by atoms with van der Waals surface area (Å²) >= 11 is 0. The van der Waals surface area contributed by atoms with E-state index in [9.17, 15) is 9.59 Å². The van der Waals surface area contributed by atoms with Gasteiger partial charge in [0.15, 0.2) is 0 Å². The molecular formula is C21H20N2O4. The van der Waals surface area contributed by atoms with Gasteiger partial charge in [0.25, 0.3) is 11.5 Å². The molecule has 0 aliphatic carbocycles. The van der Waals surface area contributed by atoms with Gasteiger partial charge in [-0.05, 0) is 48.0 Å². The molecule has 3 aromatic rings. The molecule has 0 saturated heterocycles. The van der Waals surface area contributed by atoms with E-state index in [-0.39, 0.29) is 11.5 Å². The standard InChI is InChI=1S/C21H20N2O4/c1-26-18-8-3-15(4-9-18)13-23-14-16(5-12-20(23)24)21(25)22-17-6-10-19(27-2)11-7-17/h3-12,14H,13H2,1-2H3,(H,22,25). The van der Waals surface area contributed by atoms with Crippen molar-refractivity contribution in [3.8, 4) is 11.5 Å². The Balaban J connectivity index is 1.76. The fraction of sp³-hybridized carbons (Fsp3) is 0.143. The molecular weight excluding hydrogens is 344 g/mol. The topological polar surface area (TPSA) is 69.6 Å². The lowest BCUT2D eigenvalue weighted by Crippen LogP contribution is -2.22. The second-order valence-electron chi connectivity index (χ2n) is 5.91. The lowest BCUT2D eigenvalue weighted by Gasteiger charge is -2.10. The summed E-state index contributed by atoms with van der Waals surface area (Å²) in [5.41, 5.74) is 1.81. The van der Waals surface area contributed by atoms with Gasteiger partial charge in [0.1, 0.15) is 11.5 Å². The predicted octanol–water partition coefficient (Wildman–Crippen LogP) is 3.17. The average Bonchev–Trinajstić information content (AvgIpc) is 2.70. The third-order valence-electron chi connectivity index (χ3n) is 4.11. The van der Waals surface area contributed by atoms with Crippen LogP contribution in [0.1, 0.15) is 15.9 Å². The number of amides is 1. The Morgan fingerprint density at radius 2 is 1.48 bits per heavy atom. The van der Waals surface area contributed by atoms with Gasteiger partial charge < -0.3 is 19.4 Å². The summed E-state index contributed by atoms with van der Waals surface area (Å²) in [6, 6.07) is 17.4. The van der Waals surface area contributed by atoms with Crippen LogP contribution >= 0.6 is 0 Å². The molecule has 3 rings (SSSR count). The highest BCUT2D eigenvalue weighted by Gasteiger charge is 2.09. The summed E-state index contributed by atoms with van der Waals surface area (Å²) in [4.78, 5) is 24.6. The molecule has 0 unspecified atom stereocenters. The Labute approximate surface area is 157 Å². The van der Waals surface area contributed by atoms with Crippen LogP contribution in [0.5, 0.6) is 11.5 Å². The van der Waals surface area contributed by atoms with Gasteiger partial charge in [-0.25, -0.2) is 0 Å². The van der Waals surface area contributed by atoms with Crippen molar-refractivity contribution in [2.45, 2.75) is 6.54 Å². The number of benzene rings is 2. The molecule has 1 aromatic heterocycles. The molecule has 0 aliphatic heterocycles. The smallest absolute Gasteiger partial charge is 0.257 e. The molecule has 0 spiro atoms. The van der Waals surface area contributed by atoms with Gasteiger partial charge in [0.2, 0.25) is 0 Å². The van der Waals surface area contributed by atoms with Gasteiger partial charge in [-0.2, -0.15) is 0 Å². The number of nitrogens with one attached hydrogen (secondary N) is 1. The summed E-state index contributed by atoms with van der Waals surface area (Å²) in [6.07, 6.45) is 1.56. The number of nitrogens with zero attached hydrogens (tertiary/aromatic N) is 1. The second kappa shape index (κ2) is 8.23. The zero-order chi connectivity index (χ0) is 19.2. The predicted molar refractivity (Wildman–Crippen MR) is 104 cm³/mol. The molecule has 27 heavy (non-hydrogen) atoms. The first kappa shape index (κ1) is 18.3.